The van der Waals surface area contributed by atoms with Gasteiger partial charge in [-0.15, -0.1) is 0 Å². The summed E-state index contributed by atoms with van der Waals surface area (Å²) in [4.78, 5) is 23.3. The molecule has 0 saturated heterocycles. The molecule has 3 N–H and O–H groups in total. The van der Waals surface area contributed by atoms with E-state index in [1.807, 2.05) is 0 Å². The Hall–Kier alpha value is -3.06. The van der Waals surface area contributed by atoms with E-state index in [0.717, 1.165) is 6.20 Å². The molecule has 0 aromatic carbocycles. The third kappa shape index (κ3) is 5.46. The van der Waals surface area contributed by atoms with Crippen molar-refractivity contribution >= 4 is 22.0 Å². The van der Waals surface area contributed by atoms with Crippen LogP contribution < -0.4 is 19.5 Å². The van der Waals surface area contributed by atoms with E-state index in [1.54, 1.807) is 4.72 Å². The van der Waals surface area contributed by atoms with E-state index < -0.39 is 33.9 Å². The SMILES string of the molecule is COc1cc(OC)nc(NC(=O)NS(=O)(=O)c2ncccc2CC(O)F)n1. The number of halogens is 1. The standard InChI is InChI=1S/C14H16FN5O6S/c1-25-10-7-11(26-2)18-13(17-10)19-14(22)20-27(23,24)12-8(6-9(15)21)4-3-5-16-12/h3-5,7,9,21H,6H2,1-2H3,(H2,17,18,19,20,22). The van der Waals surface area contributed by atoms with Crippen LogP contribution in [0.2, 0.25) is 0 Å². The van der Waals surface area contributed by atoms with Crippen molar-refractivity contribution in [1.82, 2.24) is 19.7 Å². The number of alkyl halides is 1. The van der Waals surface area contributed by atoms with Gasteiger partial charge < -0.3 is 14.6 Å². The van der Waals surface area contributed by atoms with Gasteiger partial charge in [-0.05, 0) is 11.6 Å². The molecular formula is C14H16FN5O6S. The summed E-state index contributed by atoms with van der Waals surface area (Å²) >= 11 is 0. The van der Waals surface area contributed by atoms with Crippen LogP contribution in [0.15, 0.2) is 29.4 Å². The Morgan fingerprint density at radius 1 is 1.30 bits per heavy atom. The molecule has 0 fully saturated rings. The van der Waals surface area contributed by atoms with E-state index in [0.29, 0.717) is 0 Å². The molecule has 2 amide bonds. The number of urea groups is 1. The fourth-order valence-electron chi connectivity index (χ4n) is 1.97. The summed E-state index contributed by atoms with van der Waals surface area (Å²) in [7, 11) is -1.79. The van der Waals surface area contributed by atoms with E-state index in [4.69, 9.17) is 14.6 Å². The van der Waals surface area contributed by atoms with E-state index >= 15 is 0 Å². The molecule has 13 heteroatoms. The van der Waals surface area contributed by atoms with Crippen molar-refractivity contribution in [2.24, 2.45) is 0 Å². The average molecular weight is 401 g/mol. The van der Waals surface area contributed by atoms with Crippen molar-refractivity contribution in [2.75, 3.05) is 19.5 Å². The maximum absolute atomic E-state index is 12.8. The summed E-state index contributed by atoms with van der Waals surface area (Å²) in [5, 5.41) is 10.4. The zero-order chi connectivity index (χ0) is 20.0. The minimum atomic E-state index is -4.46. The second-order valence-corrected chi connectivity index (χ2v) is 6.54. The number of hydrogen-bond donors (Lipinski definition) is 3. The summed E-state index contributed by atoms with van der Waals surface area (Å²) < 4.78 is 49.1. The lowest BCUT2D eigenvalue weighted by Gasteiger charge is -2.11. The van der Waals surface area contributed by atoms with Crippen LogP contribution in [0.1, 0.15) is 5.56 Å². The molecular weight excluding hydrogens is 385 g/mol. The largest absolute Gasteiger partial charge is 0.481 e. The summed E-state index contributed by atoms with van der Waals surface area (Å²) in [6.45, 7) is 0. The van der Waals surface area contributed by atoms with Gasteiger partial charge in [0.2, 0.25) is 24.1 Å². The first-order chi connectivity index (χ1) is 12.7. The minimum Gasteiger partial charge on any atom is -0.481 e. The molecule has 0 spiro atoms. The first kappa shape index (κ1) is 20.3. The molecule has 0 bridgehead atoms. The third-order valence-electron chi connectivity index (χ3n) is 3.04. The molecule has 0 radical (unpaired) electrons. The van der Waals surface area contributed by atoms with Crippen LogP contribution in [0.3, 0.4) is 0 Å². The van der Waals surface area contributed by atoms with Crippen LogP contribution in [0.5, 0.6) is 11.8 Å². The first-order valence-electron chi connectivity index (χ1n) is 7.32. The topological polar surface area (TPSA) is 153 Å². The van der Waals surface area contributed by atoms with Gasteiger partial charge in [0.25, 0.3) is 10.0 Å². The number of carbonyl (C=O) groups excluding carboxylic acids is 1. The summed E-state index contributed by atoms with van der Waals surface area (Å²) in [5.41, 5.74) is -0.105. The quantitative estimate of drug-likeness (QED) is 0.592. The minimum absolute atomic E-state index is 0.0731. The number of aliphatic hydroxyl groups is 1. The summed E-state index contributed by atoms with van der Waals surface area (Å²) in [6, 6.07) is 2.79. The number of aliphatic hydroxyl groups excluding tert-OH is 1. The maximum Gasteiger partial charge on any atom is 0.335 e. The van der Waals surface area contributed by atoms with Crippen molar-refractivity contribution < 1.29 is 32.2 Å². The van der Waals surface area contributed by atoms with Gasteiger partial charge in [-0.1, -0.05) is 6.07 Å². The number of anilines is 1. The molecule has 1 atom stereocenters. The predicted molar refractivity (Wildman–Crippen MR) is 89.5 cm³/mol. The van der Waals surface area contributed by atoms with E-state index in [-0.39, 0.29) is 23.3 Å². The number of sulfonamides is 1. The average Bonchev–Trinajstić information content (AvgIpc) is 2.60. The Labute approximate surface area is 153 Å². The third-order valence-corrected chi connectivity index (χ3v) is 4.37. The number of methoxy groups -OCH3 is 2. The normalized spacial score (nSPS) is 12.1. The zero-order valence-corrected chi connectivity index (χ0v) is 15.0. The Morgan fingerprint density at radius 2 is 1.93 bits per heavy atom. The fourth-order valence-corrected chi connectivity index (χ4v) is 3.06. The lowest BCUT2D eigenvalue weighted by molar-refractivity contribution is 0.0423. The van der Waals surface area contributed by atoms with Gasteiger partial charge >= 0.3 is 6.03 Å². The molecule has 2 heterocycles. The summed E-state index contributed by atoms with van der Waals surface area (Å²) in [6.07, 6.45) is -1.74. The highest BCUT2D eigenvalue weighted by Gasteiger charge is 2.24. The van der Waals surface area contributed by atoms with Gasteiger partial charge in [0.05, 0.1) is 20.3 Å². The molecule has 2 aromatic rings. The molecule has 146 valence electrons. The van der Waals surface area contributed by atoms with Crippen LogP contribution in [0.4, 0.5) is 15.1 Å². The van der Waals surface area contributed by atoms with Gasteiger partial charge in [-0.2, -0.15) is 18.4 Å². The molecule has 0 aliphatic rings. The molecule has 2 rings (SSSR count). The lowest BCUT2D eigenvalue weighted by Crippen LogP contribution is -2.36. The number of amides is 2. The molecule has 27 heavy (non-hydrogen) atoms. The monoisotopic (exact) mass is 401 g/mol. The van der Waals surface area contributed by atoms with Gasteiger partial charge in [0.1, 0.15) is 0 Å². The Kier molecular flexibility index (Phi) is 6.41. The Balaban J connectivity index is 2.20. The number of aromatic nitrogens is 3. The summed E-state index contributed by atoms with van der Waals surface area (Å²) in [5.74, 6) is -0.132. The van der Waals surface area contributed by atoms with Crippen LogP contribution in [-0.4, -0.2) is 55.1 Å². The van der Waals surface area contributed by atoms with Crippen molar-refractivity contribution in [1.29, 1.82) is 0 Å². The van der Waals surface area contributed by atoms with Crippen LogP contribution in [-0.2, 0) is 16.4 Å². The smallest absolute Gasteiger partial charge is 0.335 e. The van der Waals surface area contributed by atoms with E-state index in [9.17, 15) is 17.6 Å². The Morgan fingerprint density at radius 3 is 2.48 bits per heavy atom. The molecule has 2 aromatic heterocycles. The number of hydrogen-bond acceptors (Lipinski definition) is 9. The second kappa shape index (κ2) is 8.55. The maximum atomic E-state index is 12.8. The number of rotatable bonds is 7. The Bertz CT molecular complexity index is 902. The van der Waals surface area contributed by atoms with Gasteiger partial charge in [0, 0.05) is 12.6 Å². The van der Waals surface area contributed by atoms with Crippen molar-refractivity contribution in [3.05, 3.63) is 30.0 Å². The van der Waals surface area contributed by atoms with E-state index in [1.165, 1.54) is 32.4 Å². The van der Waals surface area contributed by atoms with Crippen LogP contribution in [0, 0.1) is 0 Å². The van der Waals surface area contributed by atoms with Gasteiger partial charge in [-0.3, -0.25) is 5.32 Å². The lowest BCUT2D eigenvalue weighted by atomic mass is 10.2. The van der Waals surface area contributed by atoms with E-state index in [2.05, 4.69) is 20.3 Å². The highest BCUT2D eigenvalue weighted by atomic mass is 32.2. The predicted octanol–water partition coefficient (Wildman–Crippen LogP) is 0.230. The highest BCUT2D eigenvalue weighted by Crippen LogP contribution is 2.18. The van der Waals surface area contributed by atoms with Gasteiger partial charge in [-0.25, -0.2) is 18.9 Å². The number of carbonyl (C=O) groups is 1. The molecule has 0 aliphatic carbocycles. The molecule has 1 unspecified atom stereocenters. The molecule has 0 saturated carbocycles. The number of ether oxygens (including phenoxy) is 2. The molecule has 0 aliphatic heterocycles. The second-order valence-electron chi connectivity index (χ2n) is 4.94. The number of nitrogens with one attached hydrogen (secondary N) is 2. The van der Waals surface area contributed by atoms with Crippen molar-refractivity contribution in [3.8, 4) is 11.8 Å². The van der Waals surface area contributed by atoms with Crippen molar-refractivity contribution in [3.63, 3.8) is 0 Å². The van der Waals surface area contributed by atoms with Crippen LogP contribution >= 0.6 is 0 Å². The molecule has 11 nitrogen and oxygen atoms in total. The van der Waals surface area contributed by atoms with Gasteiger partial charge in [0.15, 0.2) is 5.03 Å². The number of nitrogens with zero attached hydrogens (tertiary/aromatic N) is 3. The first-order valence-corrected chi connectivity index (χ1v) is 8.80. The number of pyridine rings is 1. The zero-order valence-electron chi connectivity index (χ0n) is 14.2. The van der Waals surface area contributed by atoms with Crippen molar-refractivity contribution in [2.45, 2.75) is 17.8 Å². The highest BCUT2D eigenvalue weighted by molar-refractivity contribution is 7.90. The van der Waals surface area contributed by atoms with Crippen LogP contribution in [0.25, 0.3) is 0 Å². The fraction of sp³-hybridized carbons (Fsp3) is 0.286.